The number of aliphatic imine (C=N–C) groups is 1. The number of nitrogens with zero attached hydrogens (tertiary/aromatic N) is 2. The van der Waals surface area contributed by atoms with Gasteiger partial charge in [0.25, 0.3) is 5.69 Å². The van der Waals surface area contributed by atoms with Crippen molar-refractivity contribution in [3.05, 3.63) is 81.3 Å². The molecule has 2 aromatic carbocycles. The van der Waals surface area contributed by atoms with E-state index < -0.39 is 16.7 Å². The van der Waals surface area contributed by atoms with Crippen molar-refractivity contribution in [1.82, 2.24) is 0 Å². The molecule has 0 amide bonds. The highest BCUT2D eigenvalue weighted by Gasteiger charge is 2.25. The molecule has 7 heteroatoms. The highest BCUT2D eigenvalue weighted by atomic mass is 19.1. The van der Waals surface area contributed by atoms with E-state index >= 15 is 0 Å². The second kappa shape index (κ2) is 5.80. The molecule has 1 aliphatic heterocycles. The Morgan fingerprint density at radius 2 is 1.83 bits per heavy atom. The van der Waals surface area contributed by atoms with Crippen LogP contribution in [0.2, 0.25) is 0 Å². The van der Waals surface area contributed by atoms with Crippen molar-refractivity contribution in [1.29, 1.82) is 0 Å². The van der Waals surface area contributed by atoms with Gasteiger partial charge in [-0.3, -0.25) is 10.1 Å². The number of carbonyl (C=O) groups is 1. The van der Waals surface area contributed by atoms with Gasteiger partial charge in [-0.15, -0.1) is 0 Å². The molecule has 0 saturated heterocycles. The Morgan fingerprint density at radius 1 is 1.13 bits per heavy atom. The van der Waals surface area contributed by atoms with E-state index in [0.717, 1.165) is 0 Å². The molecule has 6 nitrogen and oxygen atoms in total. The number of benzene rings is 2. The molecule has 0 radical (unpaired) electrons. The van der Waals surface area contributed by atoms with Gasteiger partial charge in [-0.05, 0) is 36.4 Å². The smallest absolute Gasteiger partial charge is 0.363 e. The molecule has 0 fully saturated rings. The highest BCUT2D eigenvalue weighted by molar-refractivity contribution is 6.13. The third kappa shape index (κ3) is 2.98. The normalized spacial score (nSPS) is 15.4. The van der Waals surface area contributed by atoms with E-state index in [4.69, 9.17) is 4.74 Å². The predicted molar refractivity (Wildman–Crippen MR) is 80.1 cm³/mol. The molecule has 0 atom stereocenters. The van der Waals surface area contributed by atoms with Crippen molar-refractivity contribution in [2.75, 3.05) is 0 Å². The summed E-state index contributed by atoms with van der Waals surface area (Å²) in [6.07, 6.45) is 1.29. The quantitative estimate of drug-likeness (QED) is 0.377. The molecule has 0 bridgehead atoms. The van der Waals surface area contributed by atoms with Crippen molar-refractivity contribution >= 4 is 23.6 Å². The van der Waals surface area contributed by atoms with Gasteiger partial charge in [0, 0.05) is 11.6 Å². The lowest BCUT2D eigenvalue weighted by atomic mass is 10.1. The topological polar surface area (TPSA) is 81.8 Å². The number of rotatable bonds is 3. The van der Waals surface area contributed by atoms with Gasteiger partial charge in [-0.2, -0.15) is 0 Å². The van der Waals surface area contributed by atoms with Crippen LogP contribution in [0.15, 0.2) is 59.2 Å². The van der Waals surface area contributed by atoms with Crippen molar-refractivity contribution < 1.29 is 18.8 Å². The molecule has 2 aromatic rings. The fourth-order valence-corrected chi connectivity index (χ4v) is 2.05. The van der Waals surface area contributed by atoms with Crippen LogP contribution in [-0.2, 0) is 9.53 Å². The number of hydrogen-bond acceptors (Lipinski definition) is 5. The molecule has 0 aromatic heterocycles. The summed E-state index contributed by atoms with van der Waals surface area (Å²) in [5.41, 5.74) is 0.483. The van der Waals surface area contributed by atoms with Gasteiger partial charge in [-0.1, -0.05) is 12.1 Å². The fourth-order valence-electron chi connectivity index (χ4n) is 2.05. The molecule has 0 N–H and O–H groups in total. The van der Waals surface area contributed by atoms with Crippen LogP contribution < -0.4 is 0 Å². The second-order valence-electron chi connectivity index (χ2n) is 4.66. The van der Waals surface area contributed by atoms with Gasteiger partial charge in [0.2, 0.25) is 5.90 Å². The number of nitro benzene ring substituents is 1. The van der Waals surface area contributed by atoms with Crippen LogP contribution >= 0.6 is 0 Å². The third-order valence-corrected chi connectivity index (χ3v) is 3.14. The summed E-state index contributed by atoms with van der Waals surface area (Å²) in [6.45, 7) is 0. The zero-order valence-electron chi connectivity index (χ0n) is 11.6. The summed E-state index contributed by atoms with van der Waals surface area (Å²) in [7, 11) is 0. The monoisotopic (exact) mass is 312 g/mol. The minimum absolute atomic E-state index is 0.0276. The number of carbonyl (C=O) groups excluding carboxylic acids is 1. The second-order valence-corrected chi connectivity index (χ2v) is 4.66. The van der Waals surface area contributed by atoms with E-state index in [0.29, 0.717) is 5.56 Å². The van der Waals surface area contributed by atoms with Crippen molar-refractivity contribution in [2.24, 2.45) is 4.99 Å². The van der Waals surface area contributed by atoms with Crippen LogP contribution in [0.5, 0.6) is 0 Å². The first-order valence-electron chi connectivity index (χ1n) is 6.56. The number of cyclic esters (lactones) is 1. The molecular formula is C16H9FN2O4. The Balaban J connectivity index is 1.99. The zero-order valence-corrected chi connectivity index (χ0v) is 11.6. The number of hydrogen-bond donors (Lipinski definition) is 0. The third-order valence-electron chi connectivity index (χ3n) is 3.14. The minimum atomic E-state index is -0.720. The summed E-state index contributed by atoms with van der Waals surface area (Å²) in [4.78, 5) is 26.3. The number of esters is 1. The number of ether oxygens (including phenoxy) is 1. The predicted octanol–water partition coefficient (Wildman–Crippen LogP) is 3.08. The Hall–Kier alpha value is -3.35. The first-order chi connectivity index (χ1) is 11.0. The number of halogens is 1. The average Bonchev–Trinajstić information content (AvgIpc) is 2.89. The van der Waals surface area contributed by atoms with Gasteiger partial charge < -0.3 is 4.74 Å². The maximum absolute atomic E-state index is 12.9. The van der Waals surface area contributed by atoms with Crippen LogP contribution in [-0.4, -0.2) is 16.8 Å². The lowest BCUT2D eigenvalue weighted by molar-refractivity contribution is -0.385. The summed E-state index contributed by atoms with van der Waals surface area (Å²) in [5, 5.41) is 11.0. The van der Waals surface area contributed by atoms with Gasteiger partial charge in [0.05, 0.1) is 10.5 Å². The standard InChI is InChI=1S/C16H9FN2O4/c17-12-7-5-10(6-8-12)15-18-13(16(20)23-15)9-11-3-1-2-4-14(11)19(21)22/h1-9H. The number of para-hydroxylation sites is 1. The first-order valence-corrected chi connectivity index (χ1v) is 6.56. The summed E-state index contributed by atoms with van der Waals surface area (Å²) in [5.74, 6) is -1.11. The number of nitro groups is 1. The molecule has 0 unspecified atom stereocenters. The van der Waals surface area contributed by atoms with Gasteiger partial charge in [0.15, 0.2) is 5.70 Å². The van der Waals surface area contributed by atoms with E-state index in [1.807, 2.05) is 0 Å². The van der Waals surface area contributed by atoms with Crippen LogP contribution in [0.3, 0.4) is 0 Å². The largest absolute Gasteiger partial charge is 0.402 e. The fraction of sp³-hybridized carbons (Fsp3) is 0. The van der Waals surface area contributed by atoms with Gasteiger partial charge in [0.1, 0.15) is 5.82 Å². The Kier molecular flexibility index (Phi) is 3.68. The van der Waals surface area contributed by atoms with E-state index in [1.54, 1.807) is 6.07 Å². The Bertz CT molecular complexity index is 857. The van der Waals surface area contributed by atoms with E-state index in [1.165, 1.54) is 48.5 Å². The molecule has 1 heterocycles. The molecule has 3 rings (SSSR count). The zero-order chi connectivity index (χ0) is 16.4. The minimum Gasteiger partial charge on any atom is -0.402 e. The molecule has 0 spiro atoms. The van der Waals surface area contributed by atoms with Crippen LogP contribution in [0.25, 0.3) is 6.08 Å². The molecular weight excluding hydrogens is 303 g/mol. The Morgan fingerprint density at radius 3 is 2.52 bits per heavy atom. The van der Waals surface area contributed by atoms with Gasteiger partial charge in [-0.25, -0.2) is 14.2 Å². The van der Waals surface area contributed by atoms with E-state index in [9.17, 15) is 19.3 Å². The van der Waals surface area contributed by atoms with Gasteiger partial charge >= 0.3 is 5.97 Å². The summed E-state index contributed by atoms with van der Waals surface area (Å²) in [6, 6.07) is 11.3. The molecule has 23 heavy (non-hydrogen) atoms. The molecule has 1 aliphatic rings. The highest BCUT2D eigenvalue weighted by Crippen LogP contribution is 2.24. The lowest BCUT2D eigenvalue weighted by Gasteiger charge is -1.98. The lowest BCUT2D eigenvalue weighted by Crippen LogP contribution is -2.05. The van der Waals surface area contributed by atoms with E-state index in [2.05, 4.69) is 4.99 Å². The summed E-state index contributed by atoms with van der Waals surface area (Å²) >= 11 is 0. The van der Waals surface area contributed by atoms with E-state index in [-0.39, 0.29) is 22.8 Å². The maximum Gasteiger partial charge on any atom is 0.363 e. The van der Waals surface area contributed by atoms with Crippen molar-refractivity contribution in [2.45, 2.75) is 0 Å². The SMILES string of the molecule is O=C1OC(c2ccc(F)cc2)=NC1=Cc1ccccc1[N+](=O)[O-]. The summed E-state index contributed by atoms with van der Waals surface area (Å²) < 4.78 is 17.9. The Labute approximate surface area is 129 Å². The first kappa shape index (κ1) is 14.6. The van der Waals surface area contributed by atoms with Crippen LogP contribution in [0.4, 0.5) is 10.1 Å². The van der Waals surface area contributed by atoms with Crippen molar-refractivity contribution in [3.8, 4) is 0 Å². The molecule has 114 valence electrons. The molecule has 0 saturated carbocycles. The molecule has 0 aliphatic carbocycles. The average molecular weight is 312 g/mol. The van der Waals surface area contributed by atoms with Crippen LogP contribution in [0.1, 0.15) is 11.1 Å². The van der Waals surface area contributed by atoms with Crippen molar-refractivity contribution in [3.63, 3.8) is 0 Å². The van der Waals surface area contributed by atoms with Crippen LogP contribution in [0, 0.1) is 15.9 Å². The maximum atomic E-state index is 12.9.